The van der Waals surface area contributed by atoms with Crippen molar-refractivity contribution in [2.75, 3.05) is 10.6 Å². The van der Waals surface area contributed by atoms with Crippen LogP contribution in [0.5, 0.6) is 0 Å². The first kappa shape index (κ1) is 21.0. The molecule has 0 saturated carbocycles. The maximum absolute atomic E-state index is 12.8. The molecule has 140 valence electrons. The van der Waals surface area contributed by atoms with E-state index in [-0.39, 0.29) is 29.9 Å². The quantitative estimate of drug-likeness (QED) is 0.741. The van der Waals surface area contributed by atoms with Gasteiger partial charge in [0.25, 0.3) is 0 Å². The van der Waals surface area contributed by atoms with Gasteiger partial charge in [0, 0.05) is 29.9 Å². The van der Waals surface area contributed by atoms with Crippen LogP contribution in [0.2, 0.25) is 0 Å². The highest BCUT2D eigenvalue weighted by Gasteiger charge is 2.25. The van der Waals surface area contributed by atoms with E-state index in [1.807, 2.05) is 71.6 Å². The highest BCUT2D eigenvalue weighted by Crippen LogP contribution is 2.24. The Balaban J connectivity index is 2.92. The van der Waals surface area contributed by atoms with Gasteiger partial charge in [0.05, 0.1) is 0 Å². The highest BCUT2D eigenvalue weighted by molar-refractivity contribution is 5.92. The van der Waals surface area contributed by atoms with Gasteiger partial charge in [-0.15, -0.1) is 0 Å². The Morgan fingerprint density at radius 1 is 1.04 bits per heavy atom. The van der Waals surface area contributed by atoms with Crippen LogP contribution in [-0.2, 0) is 9.59 Å². The summed E-state index contributed by atoms with van der Waals surface area (Å²) < 4.78 is 0. The Hall–Kier alpha value is -2.04. The van der Waals surface area contributed by atoms with Crippen molar-refractivity contribution in [1.82, 2.24) is 4.90 Å². The van der Waals surface area contributed by atoms with Crippen molar-refractivity contribution in [3.63, 3.8) is 0 Å². The minimum absolute atomic E-state index is 0.0117. The molecule has 0 aliphatic rings. The number of nitrogens with one attached hydrogen (secondary N) is 2. The second-order valence-electron chi connectivity index (χ2n) is 7.08. The van der Waals surface area contributed by atoms with Crippen LogP contribution in [-0.4, -0.2) is 34.8 Å². The van der Waals surface area contributed by atoms with Gasteiger partial charge >= 0.3 is 0 Å². The van der Waals surface area contributed by atoms with E-state index in [0.29, 0.717) is 6.42 Å². The number of nitrogens with zero attached hydrogens (tertiary/aromatic N) is 1. The summed E-state index contributed by atoms with van der Waals surface area (Å²) in [5.74, 6) is 0.0856. The van der Waals surface area contributed by atoms with E-state index < -0.39 is 0 Å². The summed E-state index contributed by atoms with van der Waals surface area (Å²) in [6.45, 7) is 13.9. The van der Waals surface area contributed by atoms with E-state index in [2.05, 4.69) is 10.6 Å². The van der Waals surface area contributed by atoms with Crippen LogP contribution in [0.25, 0.3) is 0 Å². The van der Waals surface area contributed by atoms with Crippen molar-refractivity contribution < 1.29 is 9.59 Å². The number of amides is 2. The zero-order valence-corrected chi connectivity index (χ0v) is 16.6. The van der Waals surface area contributed by atoms with Crippen molar-refractivity contribution >= 4 is 23.2 Å². The van der Waals surface area contributed by atoms with Gasteiger partial charge in [-0.25, -0.2) is 0 Å². The van der Waals surface area contributed by atoms with E-state index in [0.717, 1.165) is 23.4 Å². The second-order valence-corrected chi connectivity index (χ2v) is 7.08. The molecule has 0 saturated heterocycles. The first-order chi connectivity index (χ1) is 11.7. The molecular formula is C20H33N3O2. The number of benzene rings is 1. The average molecular weight is 348 g/mol. The number of carbonyl (C=O) groups excluding carboxylic acids is 2. The normalized spacial score (nSPS) is 12.2. The Kier molecular flexibility index (Phi) is 7.94. The standard InChI is InChI=1S/C20H33N3O2/c1-8-10-19(24)22-18-12-9-11-17(15(18)6)21-16(7)20(25)23(13(2)3)14(4)5/h9,11-14,16,21H,8,10H2,1-7H3,(H,22,24). The van der Waals surface area contributed by atoms with Gasteiger partial charge in [-0.3, -0.25) is 9.59 Å². The molecule has 0 spiro atoms. The Labute approximate surface area is 152 Å². The average Bonchev–Trinajstić information content (AvgIpc) is 2.50. The maximum Gasteiger partial charge on any atom is 0.245 e. The molecule has 1 rings (SSSR count). The van der Waals surface area contributed by atoms with Crippen LogP contribution in [0.1, 0.15) is 59.9 Å². The fourth-order valence-corrected chi connectivity index (χ4v) is 2.99. The third kappa shape index (κ3) is 5.76. The lowest BCUT2D eigenvalue weighted by Crippen LogP contribution is -2.48. The fourth-order valence-electron chi connectivity index (χ4n) is 2.99. The predicted octanol–water partition coefficient (Wildman–Crippen LogP) is 4.18. The van der Waals surface area contributed by atoms with Gasteiger partial charge in [0.15, 0.2) is 0 Å². The van der Waals surface area contributed by atoms with Gasteiger partial charge in [0.2, 0.25) is 11.8 Å². The molecule has 0 fully saturated rings. The van der Waals surface area contributed by atoms with Crippen LogP contribution in [0.15, 0.2) is 18.2 Å². The van der Waals surface area contributed by atoms with Crippen molar-refractivity contribution in [2.45, 2.75) is 79.4 Å². The largest absolute Gasteiger partial charge is 0.374 e. The van der Waals surface area contributed by atoms with Crippen LogP contribution in [0.4, 0.5) is 11.4 Å². The number of rotatable bonds is 8. The molecule has 0 radical (unpaired) electrons. The van der Waals surface area contributed by atoms with Crippen LogP contribution in [0.3, 0.4) is 0 Å². The highest BCUT2D eigenvalue weighted by atomic mass is 16.2. The van der Waals surface area contributed by atoms with Crippen LogP contribution >= 0.6 is 0 Å². The lowest BCUT2D eigenvalue weighted by Gasteiger charge is -2.33. The monoisotopic (exact) mass is 347 g/mol. The molecule has 2 amide bonds. The number of carbonyl (C=O) groups is 2. The van der Waals surface area contributed by atoms with E-state index in [1.165, 1.54) is 0 Å². The predicted molar refractivity (Wildman–Crippen MR) is 105 cm³/mol. The summed E-state index contributed by atoms with van der Waals surface area (Å²) in [6.07, 6.45) is 1.32. The molecule has 0 aromatic heterocycles. The fraction of sp³-hybridized carbons (Fsp3) is 0.600. The third-order valence-corrected chi connectivity index (χ3v) is 4.19. The van der Waals surface area contributed by atoms with E-state index in [1.54, 1.807) is 0 Å². The van der Waals surface area contributed by atoms with Gasteiger partial charge < -0.3 is 15.5 Å². The van der Waals surface area contributed by atoms with Gasteiger partial charge in [-0.2, -0.15) is 0 Å². The van der Waals surface area contributed by atoms with Gasteiger partial charge in [-0.05, 0) is 65.7 Å². The van der Waals surface area contributed by atoms with Gasteiger partial charge in [-0.1, -0.05) is 13.0 Å². The summed E-state index contributed by atoms with van der Waals surface area (Å²) in [5.41, 5.74) is 2.59. The summed E-state index contributed by atoms with van der Waals surface area (Å²) in [4.78, 5) is 26.5. The molecule has 0 bridgehead atoms. The van der Waals surface area contributed by atoms with Crippen molar-refractivity contribution in [1.29, 1.82) is 0 Å². The number of hydrogen-bond acceptors (Lipinski definition) is 3. The molecule has 25 heavy (non-hydrogen) atoms. The zero-order valence-electron chi connectivity index (χ0n) is 16.6. The molecule has 1 aromatic rings. The SMILES string of the molecule is CCCC(=O)Nc1cccc(NC(C)C(=O)N(C(C)C)C(C)C)c1C. The summed E-state index contributed by atoms with van der Waals surface area (Å²) >= 11 is 0. The van der Waals surface area contributed by atoms with Crippen LogP contribution in [0, 0.1) is 6.92 Å². The van der Waals surface area contributed by atoms with Crippen molar-refractivity contribution in [3.05, 3.63) is 23.8 Å². The lowest BCUT2D eigenvalue weighted by atomic mass is 10.1. The Morgan fingerprint density at radius 2 is 1.60 bits per heavy atom. The van der Waals surface area contributed by atoms with Gasteiger partial charge in [0.1, 0.15) is 6.04 Å². The smallest absolute Gasteiger partial charge is 0.245 e. The molecule has 1 aromatic carbocycles. The first-order valence-electron chi connectivity index (χ1n) is 9.17. The second kappa shape index (κ2) is 9.44. The van der Waals surface area contributed by atoms with E-state index in [9.17, 15) is 9.59 Å². The Bertz CT molecular complexity index is 589. The minimum Gasteiger partial charge on any atom is -0.374 e. The molecule has 5 heteroatoms. The molecule has 0 aliphatic heterocycles. The van der Waals surface area contributed by atoms with Crippen molar-refractivity contribution in [2.24, 2.45) is 0 Å². The topological polar surface area (TPSA) is 61.4 Å². The minimum atomic E-state index is -0.343. The first-order valence-corrected chi connectivity index (χ1v) is 9.17. The summed E-state index contributed by atoms with van der Waals surface area (Å²) in [7, 11) is 0. The summed E-state index contributed by atoms with van der Waals surface area (Å²) in [6, 6.07) is 5.66. The molecule has 1 unspecified atom stereocenters. The maximum atomic E-state index is 12.8. The number of anilines is 2. The molecular weight excluding hydrogens is 314 g/mol. The molecule has 1 atom stereocenters. The molecule has 2 N–H and O–H groups in total. The Morgan fingerprint density at radius 3 is 2.12 bits per heavy atom. The third-order valence-electron chi connectivity index (χ3n) is 4.19. The summed E-state index contributed by atoms with van der Waals surface area (Å²) in [5, 5.41) is 6.24. The van der Waals surface area contributed by atoms with Crippen LogP contribution < -0.4 is 10.6 Å². The van der Waals surface area contributed by atoms with E-state index >= 15 is 0 Å². The molecule has 5 nitrogen and oxygen atoms in total. The molecule has 0 heterocycles. The van der Waals surface area contributed by atoms with Crippen molar-refractivity contribution in [3.8, 4) is 0 Å². The molecule has 0 aliphatic carbocycles. The lowest BCUT2D eigenvalue weighted by molar-refractivity contribution is -0.135. The number of hydrogen-bond donors (Lipinski definition) is 2. The van der Waals surface area contributed by atoms with E-state index in [4.69, 9.17) is 0 Å². The zero-order chi connectivity index (χ0) is 19.1.